The molecule has 0 bridgehead atoms. The van der Waals surface area contributed by atoms with Crippen LogP contribution in [0.4, 0.5) is 0 Å². The van der Waals surface area contributed by atoms with Crippen LogP contribution < -0.4 is 0 Å². The van der Waals surface area contributed by atoms with E-state index in [-0.39, 0.29) is 31.1 Å². The van der Waals surface area contributed by atoms with Gasteiger partial charge in [-0.1, -0.05) is 306 Å². The first kappa shape index (κ1) is 77.9. The van der Waals surface area contributed by atoms with Crippen molar-refractivity contribution in [2.75, 3.05) is 13.2 Å². The van der Waals surface area contributed by atoms with Crippen LogP contribution in [0.5, 0.6) is 0 Å². The Bertz CT molecular complexity index is 1490. The van der Waals surface area contributed by atoms with Crippen molar-refractivity contribution in [3.05, 3.63) is 72.9 Å². The second-order valence-electron chi connectivity index (χ2n) is 23.8. The van der Waals surface area contributed by atoms with Gasteiger partial charge in [0, 0.05) is 19.3 Å². The van der Waals surface area contributed by atoms with Crippen LogP contribution in [0.25, 0.3) is 0 Å². The third kappa shape index (κ3) is 67.5. The molecule has 1 atom stereocenters. The van der Waals surface area contributed by atoms with Gasteiger partial charge in [-0.25, -0.2) is 0 Å². The van der Waals surface area contributed by atoms with Gasteiger partial charge in [-0.05, 0) is 116 Å². The first-order chi connectivity index (χ1) is 40.0. The van der Waals surface area contributed by atoms with Crippen molar-refractivity contribution in [3.8, 4) is 0 Å². The molecular weight excluding hydrogens is 997 g/mol. The van der Waals surface area contributed by atoms with Gasteiger partial charge >= 0.3 is 17.9 Å². The molecule has 6 heteroatoms. The smallest absolute Gasteiger partial charge is 0.306 e. The molecule has 0 fully saturated rings. The lowest BCUT2D eigenvalue weighted by molar-refractivity contribution is -0.167. The first-order valence-corrected chi connectivity index (χ1v) is 35.4. The van der Waals surface area contributed by atoms with Gasteiger partial charge in [0.15, 0.2) is 6.10 Å². The molecule has 0 aliphatic rings. The van der Waals surface area contributed by atoms with Gasteiger partial charge in [0.1, 0.15) is 13.2 Å². The molecule has 0 N–H and O–H groups in total. The number of allylic oxidation sites excluding steroid dienone is 12. The van der Waals surface area contributed by atoms with E-state index in [0.717, 1.165) is 77.0 Å². The van der Waals surface area contributed by atoms with Crippen molar-refractivity contribution in [2.45, 2.75) is 374 Å². The highest BCUT2D eigenvalue weighted by molar-refractivity contribution is 5.71. The molecule has 0 aromatic heterocycles. The van der Waals surface area contributed by atoms with Crippen LogP contribution in [0.1, 0.15) is 367 Å². The predicted molar refractivity (Wildman–Crippen MR) is 353 cm³/mol. The van der Waals surface area contributed by atoms with E-state index in [9.17, 15) is 14.4 Å². The van der Waals surface area contributed by atoms with Gasteiger partial charge in [0.05, 0.1) is 0 Å². The summed E-state index contributed by atoms with van der Waals surface area (Å²) in [7, 11) is 0. The predicted octanol–water partition coefficient (Wildman–Crippen LogP) is 24.4. The monoisotopic (exact) mass is 1130 g/mol. The van der Waals surface area contributed by atoms with Crippen molar-refractivity contribution in [1.82, 2.24) is 0 Å². The Labute approximate surface area is 503 Å². The van der Waals surface area contributed by atoms with Crippen molar-refractivity contribution in [1.29, 1.82) is 0 Å². The van der Waals surface area contributed by atoms with Gasteiger partial charge in [0.2, 0.25) is 0 Å². The van der Waals surface area contributed by atoms with E-state index < -0.39 is 6.10 Å². The van der Waals surface area contributed by atoms with Crippen LogP contribution in [0, 0.1) is 0 Å². The number of hydrogen-bond donors (Lipinski definition) is 0. The van der Waals surface area contributed by atoms with E-state index in [2.05, 4.69) is 93.7 Å². The number of rotatable bonds is 65. The summed E-state index contributed by atoms with van der Waals surface area (Å²) in [5.41, 5.74) is 0. The highest BCUT2D eigenvalue weighted by Crippen LogP contribution is 2.17. The van der Waals surface area contributed by atoms with Gasteiger partial charge in [-0.15, -0.1) is 0 Å². The normalized spacial score (nSPS) is 12.5. The molecule has 81 heavy (non-hydrogen) atoms. The van der Waals surface area contributed by atoms with E-state index in [0.29, 0.717) is 19.3 Å². The quantitative estimate of drug-likeness (QED) is 0.0261. The van der Waals surface area contributed by atoms with Crippen LogP contribution in [-0.2, 0) is 28.6 Å². The Hall–Kier alpha value is -3.15. The van der Waals surface area contributed by atoms with Gasteiger partial charge in [-0.2, -0.15) is 0 Å². The van der Waals surface area contributed by atoms with Crippen LogP contribution >= 0.6 is 0 Å². The van der Waals surface area contributed by atoms with Crippen molar-refractivity contribution < 1.29 is 28.6 Å². The van der Waals surface area contributed by atoms with Gasteiger partial charge < -0.3 is 14.2 Å². The lowest BCUT2D eigenvalue weighted by atomic mass is 10.0. The topological polar surface area (TPSA) is 78.9 Å². The molecule has 0 saturated heterocycles. The zero-order valence-corrected chi connectivity index (χ0v) is 54.1. The Balaban J connectivity index is 4.37. The molecule has 6 nitrogen and oxygen atoms in total. The number of esters is 3. The lowest BCUT2D eigenvalue weighted by Gasteiger charge is -2.18. The van der Waals surface area contributed by atoms with Crippen LogP contribution in [0.2, 0.25) is 0 Å². The summed E-state index contributed by atoms with van der Waals surface area (Å²) in [5.74, 6) is -0.867. The van der Waals surface area contributed by atoms with E-state index in [4.69, 9.17) is 14.2 Å². The summed E-state index contributed by atoms with van der Waals surface area (Å²) in [6.07, 6.45) is 90.5. The third-order valence-electron chi connectivity index (χ3n) is 15.7. The molecule has 0 aromatic rings. The molecule has 1 unspecified atom stereocenters. The molecule has 0 heterocycles. The van der Waals surface area contributed by atoms with Crippen molar-refractivity contribution in [3.63, 3.8) is 0 Å². The molecule has 0 aliphatic heterocycles. The van der Waals surface area contributed by atoms with Gasteiger partial charge in [-0.3, -0.25) is 14.4 Å². The fourth-order valence-corrected chi connectivity index (χ4v) is 10.3. The zero-order valence-electron chi connectivity index (χ0n) is 54.1. The average Bonchev–Trinajstić information content (AvgIpc) is 3.47. The highest BCUT2D eigenvalue weighted by Gasteiger charge is 2.19. The summed E-state index contributed by atoms with van der Waals surface area (Å²) in [5, 5.41) is 0. The second-order valence-corrected chi connectivity index (χ2v) is 23.8. The minimum Gasteiger partial charge on any atom is -0.462 e. The molecule has 0 radical (unpaired) electrons. The van der Waals surface area contributed by atoms with E-state index in [1.54, 1.807) is 0 Å². The lowest BCUT2D eigenvalue weighted by Crippen LogP contribution is -2.30. The number of ether oxygens (including phenoxy) is 3. The van der Waals surface area contributed by atoms with Crippen molar-refractivity contribution in [2.24, 2.45) is 0 Å². The standard InChI is InChI=1S/C75H134O6/c1-4-7-10-13-16-19-22-25-28-31-34-36-37-39-41-44-47-50-53-56-59-62-65-68-74(77)80-71-72(70-79-73(76)67-64-61-58-55-52-49-46-43-40-33-30-27-24-21-18-15-12-9-6-3)81-75(78)69-66-63-60-57-54-51-48-45-42-38-35-32-29-26-23-20-17-14-11-8-5-2/h18,21-23,25-27,30-32,34-35,72H,4-17,19-20,24,28-29,33,36-71H2,1-3H3/b21-18-,25-22-,26-23-,30-27-,34-31-,35-32-. The average molecular weight is 1130 g/mol. The number of carbonyl (C=O) groups is 3. The molecule has 470 valence electrons. The molecule has 0 spiro atoms. The molecule has 0 rings (SSSR count). The van der Waals surface area contributed by atoms with Crippen LogP contribution in [-0.4, -0.2) is 37.2 Å². The van der Waals surface area contributed by atoms with Crippen LogP contribution in [0.15, 0.2) is 72.9 Å². The number of carbonyl (C=O) groups excluding carboxylic acids is 3. The zero-order chi connectivity index (χ0) is 58.5. The summed E-state index contributed by atoms with van der Waals surface area (Å²) >= 11 is 0. The minimum absolute atomic E-state index is 0.0774. The Morgan fingerprint density at radius 2 is 0.444 bits per heavy atom. The van der Waals surface area contributed by atoms with Crippen LogP contribution in [0.3, 0.4) is 0 Å². The van der Waals surface area contributed by atoms with Crippen molar-refractivity contribution >= 4 is 17.9 Å². The maximum atomic E-state index is 13.0. The maximum absolute atomic E-state index is 13.0. The van der Waals surface area contributed by atoms with E-state index in [1.807, 2.05) is 0 Å². The van der Waals surface area contributed by atoms with E-state index in [1.165, 1.54) is 250 Å². The fraction of sp³-hybridized carbons (Fsp3) is 0.800. The molecular formula is C75H134O6. The summed E-state index contributed by atoms with van der Waals surface area (Å²) in [4.78, 5) is 38.5. The maximum Gasteiger partial charge on any atom is 0.306 e. The molecule has 0 amide bonds. The molecule has 0 aliphatic carbocycles. The fourth-order valence-electron chi connectivity index (χ4n) is 10.3. The minimum atomic E-state index is -0.783. The second kappa shape index (κ2) is 69.3. The molecule has 0 saturated carbocycles. The first-order valence-electron chi connectivity index (χ1n) is 35.4. The Morgan fingerprint density at radius 3 is 0.704 bits per heavy atom. The largest absolute Gasteiger partial charge is 0.462 e. The number of hydrogen-bond acceptors (Lipinski definition) is 6. The Morgan fingerprint density at radius 1 is 0.247 bits per heavy atom. The summed E-state index contributed by atoms with van der Waals surface area (Å²) in [6.45, 7) is 6.64. The highest BCUT2D eigenvalue weighted by atomic mass is 16.6. The molecule has 0 aromatic carbocycles. The third-order valence-corrected chi connectivity index (χ3v) is 15.7. The van der Waals surface area contributed by atoms with Gasteiger partial charge in [0.25, 0.3) is 0 Å². The Kier molecular flexibility index (Phi) is 66.6. The van der Waals surface area contributed by atoms with E-state index >= 15 is 0 Å². The summed E-state index contributed by atoms with van der Waals surface area (Å²) in [6, 6.07) is 0. The SMILES string of the molecule is CCCCC/C=C\C/C=C\CCCCCCCCCCCC(=O)OCC(COC(=O)CCCCCCCCCCCCC/C=C\C/C=C\CCCCCCC)OC(=O)CCCCCCCCCCC/C=C\C/C=C\CCCCCCC. The number of unbranched alkanes of at least 4 members (excludes halogenated alkanes) is 42. The summed E-state index contributed by atoms with van der Waals surface area (Å²) < 4.78 is 17.0.